The van der Waals surface area contributed by atoms with Crippen molar-refractivity contribution in [1.82, 2.24) is 4.57 Å². The Morgan fingerprint density at radius 1 is 1.06 bits per heavy atom. The molecule has 0 fully saturated rings. The molecule has 1 atom stereocenters. The molecule has 31 heavy (non-hydrogen) atoms. The van der Waals surface area contributed by atoms with Crippen LogP contribution < -0.4 is 19.6 Å². The minimum Gasteiger partial charge on any atom is -0.482 e. The van der Waals surface area contributed by atoms with Crippen LogP contribution in [0.4, 0.5) is 10.1 Å². The number of nitrogens with zero attached hydrogens (tertiary/aromatic N) is 1. The van der Waals surface area contributed by atoms with E-state index in [4.69, 9.17) is 9.47 Å². The zero-order valence-corrected chi connectivity index (χ0v) is 18.9. The number of hydrogen-bond acceptors (Lipinski definition) is 4. The average Bonchev–Trinajstić information content (AvgIpc) is 2.72. The molecule has 1 N–H and O–H groups in total. The second kappa shape index (κ2) is 9.34. The molecule has 0 bridgehead atoms. The van der Waals surface area contributed by atoms with Crippen LogP contribution in [0.3, 0.4) is 0 Å². The van der Waals surface area contributed by atoms with Crippen LogP contribution >= 0.6 is 0 Å². The lowest BCUT2D eigenvalue weighted by molar-refractivity contribution is 0.383. The monoisotopic (exact) mass is 444 g/mol. The van der Waals surface area contributed by atoms with E-state index in [9.17, 15) is 13.4 Å². The molecule has 0 radical (unpaired) electrons. The number of pyridine rings is 1. The molecular weight excluding hydrogens is 419 g/mol. The standard InChI is InChI=1S/C23H25FN2O4S/c1-6-31(28)25-18-7-8-21(30-23-14(2)9-17(24)10-15(23)3)19(11-18)26-13-16(4)20(27)12-22(26)29-5/h7-13,25H,6H2,1-5H3. The predicted octanol–water partition coefficient (Wildman–Crippen LogP) is 4.80. The molecule has 0 saturated carbocycles. The van der Waals surface area contributed by atoms with Crippen LogP contribution in [-0.4, -0.2) is 21.6 Å². The molecule has 0 aliphatic carbocycles. The fourth-order valence-electron chi connectivity index (χ4n) is 3.19. The van der Waals surface area contributed by atoms with Crippen molar-refractivity contribution < 1.29 is 18.1 Å². The van der Waals surface area contributed by atoms with Crippen molar-refractivity contribution in [3.05, 3.63) is 75.3 Å². The number of aryl methyl sites for hydroxylation is 3. The Morgan fingerprint density at radius 2 is 1.74 bits per heavy atom. The van der Waals surface area contributed by atoms with Crippen molar-refractivity contribution in [3.63, 3.8) is 0 Å². The molecule has 2 aromatic carbocycles. The van der Waals surface area contributed by atoms with Crippen molar-refractivity contribution >= 4 is 16.7 Å². The van der Waals surface area contributed by atoms with Gasteiger partial charge in [0.05, 0.1) is 12.8 Å². The molecule has 0 aliphatic heterocycles. The van der Waals surface area contributed by atoms with Gasteiger partial charge >= 0.3 is 0 Å². The van der Waals surface area contributed by atoms with Gasteiger partial charge in [-0.2, -0.15) is 0 Å². The second-order valence-electron chi connectivity index (χ2n) is 7.12. The molecule has 1 unspecified atom stereocenters. The van der Waals surface area contributed by atoms with Crippen LogP contribution in [0.5, 0.6) is 17.4 Å². The number of rotatable bonds is 7. The third kappa shape index (κ3) is 4.96. The van der Waals surface area contributed by atoms with E-state index in [1.165, 1.54) is 25.3 Å². The fourth-order valence-corrected chi connectivity index (χ4v) is 3.72. The van der Waals surface area contributed by atoms with Gasteiger partial charge in [-0.1, -0.05) is 6.92 Å². The smallest absolute Gasteiger partial charge is 0.201 e. The van der Waals surface area contributed by atoms with Crippen molar-refractivity contribution in [1.29, 1.82) is 0 Å². The molecule has 3 rings (SSSR count). The van der Waals surface area contributed by atoms with Crippen LogP contribution in [0, 0.1) is 26.6 Å². The van der Waals surface area contributed by atoms with Crippen molar-refractivity contribution in [2.45, 2.75) is 27.7 Å². The van der Waals surface area contributed by atoms with Gasteiger partial charge in [0.15, 0.2) is 11.2 Å². The summed E-state index contributed by atoms with van der Waals surface area (Å²) in [6.45, 7) is 7.07. The first-order chi connectivity index (χ1) is 14.7. The van der Waals surface area contributed by atoms with E-state index in [-0.39, 0.29) is 11.2 Å². The molecule has 1 aromatic heterocycles. The fraction of sp³-hybridized carbons (Fsp3) is 0.261. The van der Waals surface area contributed by atoms with Crippen LogP contribution in [-0.2, 0) is 11.0 Å². The number of nitrogens with one attached hydrogen (secondary N) is 1. The van der Waals surface area contributed by atoms with Crippen molar-refractivity contribution in [2.75, 3.05) is 17.6 Å². The molecule has 0 saturated heterocycles. The number of aromatic nitrogens is 1. The summed E-state index contributed by atoms with van der Waals surface area (Å²) in [7, 11) is 0.241. The van der Waals surface area contributed by atoms with Gasteiger partial charge in [-0.25, -0.2) is 8.60 Å². The second-order valence-corrected chi connectivity index (χ2v) is 8.60. The summed E-state index contributed by atoms with van der Waals surface area (Å²) in [5.41, 5.74) is 2.87. The molecule has 0 aliphatic rings. The van der Waals surface area contributed by atoms with Gasteiger partial charge in [0, 0.05) is 29.3 Å². The Kier molecular flexibility index (Phi) is 6.80. The zero-order chi connectivity index (χ0) is 22.7. The van der Waals surface area contributed by atoms with E-state index in [0.717, 1.165) is 0 Å². The maximum absolute atomic E-state index is 13.7. The van der Waals surface area contributed by atoms with Gasteiger partial charge in [0.2, 0.25) is 5.88 Å². The van der Waals surface area contributed by atoms with E-state index in [1.807, 2.05) is 6.92 Å². The normalized spacial score (nSPS) is 11.8. The summed E-state index contributed by atoms with van der Waals surface area (Å²) < 4.78 is 42.0. The minimum atomic E-state index is -1.24. The molecule has 0 spiro atoms. The van der Waals surface area contributed by atoms with Crippen molar-refractivity contribution in [3.8, 4) is 23.1 Å². The lowest BCUT2D eigenvalue weighted by Crippen LogP contribution is -2.12. The number of hydrogen-bond donors (Lipinski definition) is 1. The number of methoxy groups -OCH3 is 1. The summed E-state index contributed by atoms with van der Waals surface area (Å²) in [5, 5.41) is 0. The lowest BCUT2D eigenvalue weighted by atomic mass is 10.1. The third-order valence-corrected chi connectivity index (χ3v) is 5.75. The first-order valence-corrected chi connectivity index (χ1v) is 11.1. The van der Waals surface area contributed by atoms with Crippen LogP contribution in [0.1, 0.15) is 23.6 Å². The van der Waals surface area contributed by atoms with Crippen LogP contribution in [0.2, 0.25) is 0 Å². The summed E-state index contributed by atoms with van der Waals surface area (Å²) in [6, 6.07) is 9.47. The quantitative estimate of drug-likeness (QED) is 0.568. The number of ether oxygens (including phenoxy) is 2. The highest BCUT2D eigenvalue weighted by Crippen LogP contribution is 2.36. The Hall–Kier alpha value is -3.13. The zero-order valence-electron chi connectivity index (χ0n) is 18.1. The largest absolute Gasteiger partial charge is 0.482 e. The average molecular weight is 445 g/mol. The number of benzene rings is 2. The van der Waals surface area contributed by atoms with Crippen LogP contribution in [0.15, 0.2) is 47.4 Å². The van der Waals surface area contributed by atoms with E-state index in [0.29, 0.717) is 51.2 Å². The highest BCUT2D eigenvalue weighted by molar-refractivity contribution is 7.86. The first kappa shape index (κ1) is 22.6. The lowest BCUT2D eigenvalue weighted by Gasteiger charge is -2.20. The van der Waals surface area contributed by atoms with Gasteiger partial charge in [-0.15, -0.1) is 0 Å². The SMILES string of the molecule is CCS(=O)Nc1ccc(Oc2c(C)cc(F)cc2C)c(-n2cc(C)c(=O)cc2OC)c1. The van der Waals surface area contributed by atoms with E-state index in [2.05, 4.69) is 4.72 Å². The Balaban J connectivity index is 2.20. The van der Waals surface area contributed by atoms with Gasteiger partial charge in [-0.05, 0) is 62.2 Å². The summed E-state index contributed by atoms with van der Waals surface area (Å²) in [4.78, 5) is 12.1. The van der Waals surface area contributed by atoms with Gasteiger partial charge in [0.25, 0.3) is 0 Å². The van der Waals surface area contributed by atoms with E-state index in [1.54, 1.807) is 49.7 Å². The molecule has 164 valence electrons. The number of anilines is 1. The Labute approximate surface area is 183 Å². The molecular formula is C23H25FN2O4S. The number of halogens is 1. The summed E-state index contributed by atoms with van der Waals surface area (Å²) >= 11 is 0. The first-order valence-electron chi connectivity index (χ1n) is 9.74. The molecule has 0 amide bonds. The van der Waals surface area contributed by atoms with E-state index < -0.39 is 11.0 Å². The Morgan fingerprint density at radius 3 is 2.35 bits per heavy atom. The Bertz CT molecular complexity index is 1180. The highest BCUT2D eigenvalue weighted by Gasteiger charge is 2.16. The predicted molar refractivity (Wildman–Crippen MR) is 122 cm³/mol. The molecule has 6 nitrogen and oxygen atoms in total. The maximum Gasteiger partial charge on any atom is 0.201 e. The molecule has 8 heteroatoms. The summed E-state index contributed by atoms with van der Waals surface area (Å²) in [6.07, 6.45) is 1.66. The summed E-state index contributed by atoms with van der Waals surface area (Å²) in [5.74, 6) is 1.44. The maximum atomic E-state index is 13.7. The van der Waals surface area contributed by atoms with Gasteiger partial charge in [0.1, 0.15) is 22.6 Å². The van der Waals surface area contributed by atoms with Crippen molar-refractivity contribution in [2.24, 2.45) is 0 Å². The van der Waals surface area contributed by atoms with Gasteiger partial charge < -0.3 is 14.2 Å². The van der Waals surface area contributed by atoms with Crippen LogP contribution in [0.25, 0.3) is 5.69 Å². The minimum absolute atomic E-state index is 0.151. The molecule has 1 heterocycles. The molecule has 3 aromatic rings. The topological polar surface area (TPSA) is 69.6 Å². The highest BCUT2D eigenvalue weighted by atomic mass is 32.2. The van der Waals surface area contributed by atoms with E-state index >= 15 is 0 Å². The third-order valence-electron chi connectivity index (χ3n) is 4.76. The van der Waals surface area contributed by atoms with Gasteiger partial charge in [-0.3, -0.25) is 9.36 Å².